The first-order valence-corrected chi connectivity index (χ1v) is 8.43. The largest absolute Gasteiger partial charge is 0.497 e. The fraction of sp³-hybridized carbons (Fsp3) is 0.250. The van der Waals surface area contributed by atoms with E-state index in [2.05, 4.69) is 5.32 Å². The summed E-state index contributed by atoms with van der Waals surface area (Å²) < 4.78 is 10.3. The van der Waals surface area contributed by atoms with Crippen molar-refractivity contribution in [3.63, 3.8) is 0 Å². The van der Waals surface area contributed by atoms with Gasteiger partial charge in [0, 0.05) is 5.56 Å². The van der Waals surface area contributed by atoms with E-state index in [9.17, 15) is 19.5 Å². The Morgan fingerprint density at radius 1 is 1.11 bits per heavy atom. The molecule has 0 aliphatic carbocycles. The molecule has 0 aromatic heterocycles. The number of nitrogens with two attached hydrogens (primary N) is 1. The average molecular weight is 386 g/mol. The van der Waals surface area contributed by atoms with Crippen molar-refractivity contribution in [1.29, 1.82) is 0 Å². The van der Waals surface area contributed by atoms with Crippen molar-refractivity contribution in [2.24, 2.45) is 5.73 Å². The van der Waals surface area contributed by atoms with Crippen LogP contribution in [0.2, 0.25) is 0 Å². The lowest BCUT2D eigenvalue weighted by molar-refractivity contribution is -0.138. The summed E-state index contributed by atoms with van der Waals surface area (Å²) in [5.41, 5.74) is 4.78. The molecule has 2 aromatic rings. The number of carboxylic acids is 1. The SMILES string of the molecule is COc1cccc(C(C)(CC(=O)O)NC(=O)c2ccc(OCC(N)=O)cc2)c1. The van der Waals surface area contributed by atoms with E-state index in [0.717, 1.165) is 0 Å². The second-order valence-electron chi connectivity index (χ2n) is 6.37. The van der Waals surface area contributed by atoms with E-state index < -0.39 is 23.3 Å². The molecule has 2 amide bonds. The van der Waals surface area contributed by atoms with Gasteiger partial charge in [0.2, 0.25) is 0 Å². The summed E-state index contributed by atoms with van der Waals surface area (Å²) in [4.78, 5) is 34.8. The lowest BCUT2D eigenvalue weighted by atomic mass is 9.88. The van der Waals surface area contributed by atoms with Crippen LogP contribution in [0.4, 0.5) is 0 Å². The molecule has 0 fully saturated rings. The van der Waals surface area contributed by atoms with Gasteiger partial charge in [-0.25, -0.2) is 0 Å². The minimum Gasteiger partial charge on any atom is -0.497 e. The minimum absolute atomic E-state index is 0.266. The topological polar surface area (TPSA) is 128 Å². The summed E-state index contributed by atoms with van der Waals surface area (Å²) in [5, 5.41) is 12.1. The smallest absolute Gasteiger partial charge is 0.306 e. The Hall–Kier alpha value is -3.55. The number of carboxylic acid groups (broad SMARTS) is 1. The molecular formula is C20H22N2O6. The predicted octanol–water partition coefficient (Wildman–Crippen LogP) is 1.68. The van der Waals surface area contributed by atoms with Gasteiger partial charge in [-0.1, -0.05) is 12.1 Å². The second-order valence-corrected chi connectivity index (χ2v) is 6.37. The van der Waals surface area contributed by atoms with Crippen molar-refractivity contribution in [3.8, 4) is 11.5 Å². The van der Waals surface area contributed by atoms with Crippen LogP contribution in [0.3, 0.4) is 0 Å². The normalized spacial score (nSPS) is 12.5. The zero-order valence-corrected chi connectivity index (χ0v) is 15.6. The van der Waals surface area contributed by atoms with Gasteiger partial charge in [0.1, 0.15) is 11.5 Å². The highest BCUT2D eigenvalue weighted by Crippen LogP contribution is 2.28. The molecule has 4 N–H and O–H groups in total. The van der Waals surface area contributed by atoms with Crippen LogP contribution in [-0.4, -0.2) is 36.6 Å². The second kappa shape index (κ2) is 8.90. The molecule has 8 nitrogen and oxygen atoms in total. The third-order valence-electron chi connectivity index (χ3n) is 4.10. The third-order valence-corrected chi connectivity index (χ3v) is 4.10. The Morgan fingerprint density at radius 2 is 1.79 bits per heavy atom. The Labute approximate surface area is 162 Å². The van der Waals surface area contributed by atoms with Gasteiger partial charge in [-0.3, -0.25) is 14.4 Å². The Kier molecular flexibility index (Phi) is 6.59. The highest BCUT2D eigenvalue weighted by atomic mass is 16.5. The molecule has 0 saturated heterocycles. The molecule has 0 spiro atoms. The first-order valence-electron chi connectivity index (χ1n) is 8.43. The molecule has 0 heterocycles. The van der Waals surface area contributed by atoms with Crippen LogP contribution < -0.4 is 20.5 Å². The Balaban J connectivity index is 2.22. The minimum atomic E-state index is -1.15. The van der Waals surface area contributed by atoms with E-state index in [1.54, 1.807) is 31.2 Å². The van der Waals surface area contributed by atoms with Gasteiger partial charge in [-0.2, -0.15) is 0 Å². The van der Waals surface area contributed by atoms with Crippen molar-refractivity contribution >= 4 is 17.8 Å². The molecule has 0 bridgehead atoms. The van der Waals surface area contributed by atoms with Crippen LogP contribution in [0, 0.1) is 0 Å². The number of nitrogens with one attached hydrogen (secondary N) is 1. The molecule has 1 unspecified atom stereocenters. The summed E-state index contributed by atoms with van der Waals surface area (Å²) in [5.74, 6) is -1.17. The number of methoxy groups -OCH3 is 1. The molecule has 1 atom stereocenters. The van der Waals surface area contributed by atoms with E-state index in [4.69, 9.17) is 15.2 Å². The van der Waals surface area contributed by atoms with Gasteiger partial charge in [0.05, 0.1) is 19.1 Å². The van der Waals surface area contributed by atoms with E-state index in [1.165, 1.54) is 31.4 Å². The monoisotopic (exact) mass is 386 g/mol. The molecule has 0 aliphatic heterocycles. The van der Waals surface area contributed by atoms with Crippen LogP contribution in [-0.2, 0) is 15.1 Å². The van der Waals surface area contributed by atoms with Crippen LogP contribution in [0.1, 0.15) is 29.3 Å². The fourth-order valence-electron chi connectivity index (χ4n) is 2.67. The number of carbonyl (C=O) groups excluding carboxylic acids is 2. The maximum Gasteiger partial charge on any atom is 0.306 e. The number of carbonyl (C=O) groups is 3. The van der Waals surface area contributed by atoms with Crippen LogP contribution in [0.15, 0.2) is 48.5 Å². The zero-order chi connectivity index (χ0) is 20.7. The van der Waals surface area contributed by atoms with Crippen molar-refractivity contribution in [2.75, 3.05) is 13.7 Å². The number of aliphatic carboxylic acids is 1. The Morgan fingerprint density at radius 3 is 2.36 bits per heavy atom. The summed E-state index contributed by atoms with van der Waals surface area (Å²) in [6.07, 6.45) is -0.314. The number of amides is 2. The predicted molar refractivity (Wildman–Crippen MR) is 101 cm³/mol. The number of hydrogen-bond acceptors (Lipinski definition) is 5. The molecular weight excluding hydrogens is 364 g/mol. The number of hydrogen-bond donors (Lipinski definition) is 3. The summed E-state index contributed by atoms with van der Waals surface area (Å²) in [6, 6.07) is 13.0. The Bertz CT molecular complexity index is 865. The van der Waals surface area contributed by atoms with E-state index in [1.807, 2.05) is 0 Å². The molecule has 2 aromatic carbocycles. The quantitative estimate of drug-likeness (QED) is 0.601. The van der Waals surface area contributed by atoms with Crippen LogP contribution in [0.5, 0.6) is 11.5 Å². The van der Waals surface area contributed by atoms with Crippen LogP contribution in [0.25, 0.3) is 0 Å². The lowest BCUT2D eigenvalue weighted by Crippen LogP contribution is -2.45. The summed E-state index contributed by atoms with van der Waals surface area (Å²) in [7, 11) is 1.51. The van der Waals surface area contributed by atoms with Gasteiger partial charge < -0.3 is 25.6 Å². The summed E-state index contributed by atoms with van der Waals surface area (Å²) >= 11 is 0. The molecule has 0 aliphatic rings. The van der Waals surface area contributed by atoms with E-state index in [-0.39, 0.29) is 13.0 Å². The van der Waals surface area contributed by atoms with Gasteiger partial charge in [0.15, 0.2) is 6.61 Å². The molecule has 28 heavy (non-hydrogen) atoms. The van der Waals surface area contributed by atoms with Gasteiger partial charge in [-0.15, -0.1) is 0 Å². The maximum atomic E-state index is 12.7. The van der Waals surface area contributed by atoms with Crippen molar-refractivity contribution in [3.05, 3.63) is 59.7 Å². The molecule has 8 heteroatoms. The van der Waals surface area contributed by atoms with E-state index in [0.29, 0.717) is 22.6 Å². The van der Waals surface area contributed by atoms with Gasteiger partial charge in [0.25, 0.3) is 11.8 Å². The highest BCUT2D eigenvalue weighted by molar-refractivity contribution is 5.95. The lowest BCUT2D eigenvalue weighted by Gasteiger charge is -2.30. The first-order chi connectivity index (χ1) is 13.2. The molecule has 2 rings (SSSR count). The zero-order valence-electron chi connectivity index (χ0n) is 15.6. The number of rotatable bonds is 9. The molecule has 0 saturated carbocycles. The van der Waals surface area contributed by atoms with Crippen LogP contribution >= 0.6 is 0 Å². The number of primary amides is 1. The first kappa shape index (κ1) is 20.8. The number of benzene rings is 2. The van der Waals surface area contributed by atoms with Crippen molar-refractivity contribution < 1.29 is 29.0 Å². The molecule has 0 radical (unpaired) electrons. The van der Waals surface area contributed by atoms with Gasteiger partial charge in [-0.05, 0) is 48.9 Å². The molecule has 148 valence electrons. The van der Waals surface area contributed by atoms with Gasteiger partial charge >= 0.3 is 5.97 Å². The van der Waals surface area contributed by atoms with Crippen molar-refractivity contribution in [1.82, 2.24) is 5.32 Å². The summed E-state index contributed by atoms with van der Waals surface area (Å²) in [6.45, 7) is 1.37. The van der Waals surface area contributed by atoms with Crippen molar-refractivity contribution in [2.45, 2.75) is 18.9 Å². The number of ether oxygens (including phenoxy) is 2. The average Bonchev–Trinajstić information content (AvgIpc) is 2.66. The standard InChI is InChI=1S/C20H22N2O6/c1-20(11-18(24)25,14-4-3-5-16(10-14)27-2)22-19(26)13-6-8-15(9-7-13)28-12-17(21)23/h3-10H,11-12H2,1-2H3,(H2,21,23)(H,22,26)(H,24,25). The highest BCUT2D eigenvalue weighted by Gasteiger charge is 2.32. The van der Waals surface area contributed by atoms with E-state index >= 15 is 0 Å². The maximum absolute atomic E-state index is 12.7. The third kappa shape index (κ3) is 5.47. The fourth-order valence-corrected chi connectivity index (χ4v) is 2.67.